The fraction of sp³-hybridized carbons (Fsp3) is 0.400. The third-order valence-corrected chi connectivity index (χ3v) is 5.76. The summed E-state index contributed by atoms with van der Waals surface area (Å²) in [4.78, 5) is 2.48. The van der Waals surface area contributed by atoms with Crippen LogP contribution >= 0.6 is 39.1 Å². The summed E-state index contributed by atoms with van der Waals surface area (Å²) in [5.74, 6) is 0.874. The Kier molecular flexibility index (Phi) is 8.24. The van der Waals surface area contributed by atoms with Crippen LogP contribution in [0.3, 0.4) is 0 Å². The third kappa shape index (κ3) is 6.63. The van der Waals surface area contributed by atoms with Crippen molar-refractivity contribution in [3.05, 3.63) is 62.0 Å². The number of piperazine rings is 1. The standard InChI is InChI=1S/C20H24BrCl2N3O/c21-17-2-4-20(27-14-15-1-3-18(22)19(23)11-15)16(12-17)13-25-7-10-26-8-5-24-6-9-26/h1-4,11-12,24-25H,5-10,13-14H2. The van der Waals surface area contributed by atoms with Gasteiger partial charge in [0.25, 0.3) is 0 Å². The fourth-order valence-corrected chi connectivity index (χ4v) is 3.74. The van der Waals surface area contributed by atoms with Crippen LogP contribution < -0.4 is 15.4 Å². The van der Waals surface area contributed by atoms with Gasteiger partial charge in [-0.15, -0.1) is 0 Å². The number of hydrogen-bond donors (Lipinski definition) is 2. The monoisotopic (exact) mass is 471 g/mol. The Hall–Kier alpha value is -0.820. The molecule has 146 valence electrons. The molecule has 0 saturated carbocycles. The van der Waals surface area contributed by atoms with E-state index in [1.54, 1.807) is 6.07 Å². The van der Waals surface area contributed by atoms with E-state index in [1.165, 1.54) is 0 Å². The molecule has 27 heavy (non-hydrogen) atoms. The predicted molar refractivity (Wildman–Crippen MR) is 116 cm³/mol. The van der Waals surface area contributed by atoms with Crippen molar-refractivity contribution in [3.63, 3.8) is 0 Å². The van der Waals surface area contributed by atoms with Crippen LogP contribution in [0.25, 0.3) is 0 Å². The number of hydrogen-bond acceptors (Lipinski definition) is 4. The van der Waals surface area contributed by atoms with Gasteiger partial charge in [0.05, 0.1) is 10.0 Å². The maximum absolute atomic E-state index is 6.08. The maximum atomic E-state index is 6.08. The molecule has 1 aliphatic rings. The van der Waals surface area contributed by atoms with Crippen molar-refractivity contribution in [1.82, 2.24) is 15.5 Å². The molecule has 0 atom stereocenters. The van der Waals surface area contributed by atoms with E-state index in [-0.39, 0.29) is 0 Å². The van der Waals surface area contributed by atoms with Gasteiger partial charge in [0.1, 0.15) is 12.4 Å². The molecule has 0 aliphatic carbocycles. The molecule has 0 unspecified atom stereocenters. The molecule has 1 aliphatic heterocycles. The van der Waals surface area contributed by atoms with Crippen LogP contribution in [0.1, 0.15) is 11.1 Å². The fourth-order valence-electron chi connectivity index (χ4n) is 3.01. The van der Waals surface area contributed by atoms with Crippen LogP contribution in [0, 0.1) is 0 Å². The highest BCUT2D eigenvalue weighted by atomic mass is 79.9. The van der Waals surface area contributed by atoms with Crippen molar-refractivity contribution in [2.45, 2.75) is 13.2 Å². The van der Waals surface area contributed by atoms with Gasteiger partial charge in [-0.05, 0) is 35.9 Å². The normalized spacial score (nSPS) is 15.1. The molecule has 0 amide bonds. The quantitative estimate of drug-likeness (QED) is 0.560. The minimum atomic E-state index is 0.451. The second kappa shape index (κ2) is 10.6. The van der Waals surface area contributed by atoms with Gasteiger partial charge in [-0.1, -0.05) is 45.2 Å². The molecule has 0 radical (unpaired) electrons. The lowest BCUT2D eigenvalue weighted by molar-refractivity contribution is 0.240. The topological polar surface area (TPSA) is 36.5 Å². The maximum Gasteiger partial charge on any atom is 0.124 e. The van der Waals surface area contributed by atoms with E-state index >= 15 is 0 Å². The van der Waals surface area contributed by atoms with Gasteiger partial charge in [-0.2, -0.15) is 0 Å². The summed E-state index contributed by atoms with van der Waals surface area (Å²) in [5, 5.41) is 8.01. The molecule has 2 aromatic rings. The van der Waals surface area contributed by atoms with Crippen LogP contribution in [0.15, 0.2) is 40.9 Å². The summed E-state index contributed by atoms with van der Waals surface area (Å²) in [6.07, 6.45) is 0. The van der Waals surface area contributed by atoms with Crippen molar-refractivity contribution in [1.29, 1.82) is 0 Å². The highest BCUT2D eigenvalue weighted by Gasteiger charge is 2.10. The van der Waals surface area contributed by atoms with E-state index in [4.69, 9.17) is 27.9 Å². The van der Waals surface area contributed by atoms with Crippen molar-refractivity contribution in [3.8, 4) is 5.75 Å². The van der Waals surface area contributed by atoms with Crippen LogP contribution in [0.2, 0.25) is 10.0 Å². The summed E-state index contributed by atoms with van der Waals surface area (Å²) in [6.45, 7) is 7.65. The Morgan fingerprint density at radius 2 is 1.89 bits per heavy atom. The van der Waals surface area contributed by atoms with Crippen molar-refractivity contribution in [2.24, 2.45) is 0 Å². The average Bonchev–Trinajstić information content (AvgIpc) is 2.68. The number of benzene rings is 2. The minimum absolute atomic E-state index is 0.451. The lowest BCUT2D eigenvalue weighted by Crippen LogP contribution is -2.45. The molecular weight excluding hydrogens is 449 g/mol. The Labute approximate surface area is 179 Å². The minimum Gasteiger partial charge on any atom is -0.489 e. The van der Waals surface area contributed by atoms with Crippen molar-refractivity contribution < 1.29 is 4.74 Å². The first kappa shape index (κ1) is 20.9. The smallest absolute Gasteiger partial charge is 0.124 e. The summed E-state index contributed by atoms with van der Waals surface area (Å²) < 4.78 is 7.08. The van der Waals surface area contributed by atoms with Gasteiger partial charge >= 0.3 is 0 Å². The molecule has 0 aromatic heterocycles. The van der Waals surface area contributed by atoms with Gasteiger partial charge in [-0.3, -0.25) is 4.90 Å². The Morgan fingerprint density at radius 1 is 1.07 bits per heavy atom. The second-order valence-corrected chi connectivity index (χ2v) is 8.29. The number of halogens is 3. The number of ether oxygens (including phenoxy) is 1. The van der Waals surface area contributed by atoms with E-state index in [0.29, 0.717) is 16.7 Å². The molecule has 1 saturated heterocycles. The lowest BCUT2D eigenvalue weighted by Gasteiger charge is -2.27. The second-order valence-electron chi connectivity index (χ2n) is 6.56. The summed E-state index contributed by atoms with van der Waals surface area (Å²) >= 11 is 15.6. The summed E-state index contributed by atoms with van der Waals surface area (Å²) in [7, 11) is 0. The Morgan fingerprint density at radius 3 is 2.67 bits per heavy atom. The van der Waals surface area contributed by atoms with Crippen LogP contribution in [0.5, 0.6) is 5.75 Å². The van der Waals surface area contributed by atoms with E-state index in [1.807, 2.05) is 24.3 Å². The molecule has 2 aromatic carbocycles. The molecular formula is C20H24BrCl2N3O. The highest BCUT2D eigenvalue weighted by Crippen LogP contribution is 2.26. The molecule has 0 bridgehead atoms. The average molecular weight is 473 g/mol. The van der Waals surface area contributed by atoms with Gasteiger partial charge in [0.2, 0.25) is 0 Å². The first-order chi connectivity index (χ1) is 13.1. The van der Waals surface area contributed by atoms with Gasteiger partial charge in [0, 0.05) is 55.8 Å². The molecule has 4 nitrogen and oxygen atoms in total. The van der Waals surface area contributed by atoms with Crippen molar-refractivity contribution in [2.75, 3.05) is 39.3 Å². The molecule has 7 heteroatoms. The Balaban J connectivity index is 1.53. The zero-order chi connectivity index (χ0) is 19.1. The first-order valence-corrected chi connectivity index (χ1v) is 10.7. The SMILES string of the molecule is Clc1ccc(COc2ccc(Br)cc2CNCCN2CCNCC2)cc1Cl. The van der Waals surface area contributed by atoms with E-state index in [9.17, 15) is 0 Å². The van der Waals surface area contributed by atoms with E-state index in [0.717, 1.165) is 67.2 Å². The number of nitrogens with zero attached hydrogens (tertiary/aromatic N) is 1. The zero-order valence-corrected chi connectivity index (χ0v) is 18.2. The molecule has 3 rings (SSSR count). The van der Waals surface area contributed by atoms with Crippen LogP contribution in [0.4, 0.5) is 0 Å². The van der Waals surface area contributed by atoms with Gasteiger partial charge in [0.15, 0.2) is 0 Å². The van der Waals surface area contributed by atoms with Gasteiger partial charge < -0.3 is 15.4 Å². The lowest BCUT2D eigenvalue weighted by atomic mass is 10.2. The molecule has 1 heterocycles. The van der Waals surface area contributed by atoms with Gasteiger partial charge in [-0.25, -0.2) is 0 Å². The molecule has 2 N–H and O–H groups in total. The number of nitrogens with one attached hydrogen (secondary N) is 2. The van der Waals surface area contributed by atoms with E-state index < -0.39 is 0 Å². The predicted octanol–water partition coefficient (Wildman–Crippen LogP) is 4.33. The molecule has 0 spiro atoms. The zero-order valence-electron chi connectivity index (χ0n) is 15.1. The highest BCUT2D eigenvalue weighted by molar-refractivity contribution is 9.10. The number of rotatable bonds is 8. The Bertz CT molecular complexity index is 754. The summed E-state index contributed by atoms with van der Waals surface area (Å²) in [6, 6.07) is 11.7. The first-order valence-electron chi connectivity index (χ1n) is 9.11. The van der Waals surface area contributed by atoms with Crippen LogP contribution in [-0.4, -0.2) is 44.2 Å². The van der Waals surface area contributed by atoms with Crippen LogP contribution in [-0.2, 0) is 13.2 Å². The van der Waals surface area contributed by atoms with E-state index in [2.05, 4.69) is 37.5 Å². The summed E-state index contributed by atoms with van der Waals surface area (Å²) in [5.41, 5.74) is 2.12. The third-order valence-electron chi connectivity index (χ3n) is 4.53. The largest absolute Gasteiger partial charge is 0.489 e. The van der Waals surface area contributed by atoms with Crippen molar-refractivity contribution >= 4 is 39.1 Å². The molecule has 1 fully saturated rings.